The molecule has 10 heavy (non-hydrogen) atoms. The number of hydrogen-bond acceptors (Lipinski definition) is 1. The highest BCUT2D eigenvalue weighted by Crippen LogP contribution is 2.45. The van der Waals surface area contributed by atoms with Crippen molar-refractivity contribution in [1.29, 1.82) is 0 Å². The van der Waals surface area contributed by atoms with Gasteiger partial charge in [-0.25, -0.2) is 0 Å². The quantitative estimate of drug-likeness (QED) is 0.567. The van der Waals surface area contributed by atoms with Gasteiger partial charge in [0.05, 0.1) is 7.14 Å². The van der Waals surface area contributed by atoms with Gasteiger partial charge in [0, 0.05) is 6.16 Å². The molecule has 0 bridgehead atoms. The van der Waals surface area contributed by atoms with Crippen molar-refractivity contribution < 1.29 is 4.57 Å². The lowest BCUT2D eigenvalue weighted by Crippen LogP contribution is -1.94. The van der Waals surface area contributed by atoms with Crippen LogP contribution in [-0.4, -0.2) is 18.5 Å². The first-order valence-electron chi connectivity index (χ1n) is 4.25. The minimum absolute atomic E-state index is 0.892. The molecule has 0 aliphatic carbocycles. The predicted molar refractivity (Wildman–Crippen MR) is 48.5 cm³/mol. The Morgan fingerprint density at radius 1 is 1.10 bits per heavy atom. The summed E-state index contributed by atoms with van der Waals surface area (Å²) in [6.45, 7) is 6.23. The van der Waals surface area contributed by atoms with E-state index in [1.807, 2.05) is 13.8 Å². The fourth-order valence-corrected chi connectivity index (χ4v) is 2.96. The van der Waals surface area contributed by atoms with Crippen LogP contribution in [0.1, 0.15) is 33.6 Å². The highest BCUT2D eigenvalue weighted by Gasteiger charge is 2.14. The normalized spacial score (nSPS) is 11.9. The maximum Gasteiger partial charge on any atom is 0.0872 e. The zero-order valence-electron chi connectivity index (χ0n) is 7.39. The highest BCUT2D eigenvalue weighted by molar-refractivity contribution is 7.63. The van der Waals surface area contributed by atoms with E-state index in [0.29, 0.717) is 0 Å². The minimum Gasteiger partial charge on any atom is -0.324 e. The van der Waals surface area contributed by atoms with Crippen LogP contribution < -0.4 is 0 Å². The molecular formula is C8H19OP. The first kappa shape index (κ1) is 10.2. The monoisotopic (exact) mass is 162 g/mol. The van der Waals surface area contributed by atoms with Gasteiger partial charge in [0.1, 0.15) is 0 Å². The lowest BCUT2D eigenvalue weighted by molar-refractivity contribution is 0.573. The number of hydrogen-bond donors (Lipinski definition) is 0. The Bertz CT molecular complexity index is 112. The Morgan fingerprint density at radius 3 is 1.90 bits per heavy atom. The summed E-state index contributed by atoms with van der Waals surface area (Å²) >= 11 is 0. The highest BCUT2D eigenvalue weighted by atomic mass is 31.2. The van der Waals surface area contributed by atoms with Gasteiger partial charge < -0.3 is 4.57 Å². The predicted octanol–water partition coefficient (Wildman–Crippen LogP) is 3.19. The Morgan fingerprint density at radius 2 is 1.60 bits per heavy atom. The van der Waals surface area contributed by atoms with E-state index in [2.05, 4.69) is 6.92 Å². The van der Waals surface area contributed by atoms with Gasteiger partial charge in [0.15, 0.2) is 0 Å². The van der Waals surface area contributed by atoms with E-state index in [1.54, 1.807) is 0 Å². The molecular weight excluding hydrogens is 143 g/mol. The average Bonchev–Trinajstić information content (AvgIpc) is 2.00. The van der Waals surface area contributed by atoms with Crippen LogP contribution in [0.3, 0.4) is 0 Å². The van der Waals surface area contributed by atoms with Crippen LogP contribution in [0.5, 0.6) is 0 Å². The van der Waals surface area contributed by atoms with Crippen LogP contribution in [0.15, 0.2) is 0 Å². The van der Waals surface area contributed by atoms with Crippen LogP contribution >= 0.6 is 7.14 Å². The summed E-state index contributed by atoms with van der Waals surface area (Å²) in [6.07, 6.45) is 5.06. The second kappa shape index (κ2) is 4.96. The summed E-state index contributed by atoms with van der Waals surface area (Å²) in [7, 11) is -1.70. The molecule has 0 rings (SSSR count). The summed E-state index contributed by atoms with van der Waals surface area (Å²) in [6, 6.07) is 0. The van der Waals surface area contributed by atoms with Gasteiger partial charge in [-0.15, -0.1) is 0 Å². The molecule has 0 atom stereocenters. The largest absolute Gasteiger partial charge is 0.324 e. The Hall–Kier alpha value is 0.230. The van der Waals surface area contributed by atoms with Crippen molar-refractivity contribution in [1.82, 2.24) is 0 Å². The van der Waals surface area contributed by atoms with Gasteiger partial charge in [0.25, 0.3) is 0 Å². The fraction of sp³-hybridized carbons (Fsp3) is 1.00. The van der Waals surface area contributed by atoms with Crippen molar-refractivity contribution in [3.8, 4) is 0 Å². The molecule has 0 radical (unpaired) electrons. The Labute approximate surface area is 64.6 Å². The van der Waals surface area contributed by atoms with E-state index < -0.39 is 7.14 Å². The number of rotatable bonds is 5. The van der Waals surface area contributed by atoms with E-state index in [9.17, 15) is 4.57 Å². The van der Waals surface area contributed by atoms with Gasteiger partial charge >= 0.3 is 0 Å². The zero-order chi connectivity index (χ0) is 8.04. The van der Waals surface area contributed by atoms with E-state index in [1.165, 1.54) is 6.42 Å². The van der Waals surface area contributed by atoms with Crippen molar-refractivity contribution in [2.45, 2.75) is 33.6 Å². The van der Waals surface area contributed by atoms with Crippen LogP contribution in [0.2, 0.25) is 0 Å². The van der Waals surface area contributed by atoms with Crippen LogP contribution in [0.25, 0.3) is 0 Å². The van der Waals surface area contributed by atoms with E-state index in [4.69, 9.17) is 0 Å². The van der Waals surface area contributed by atoms with Crippen molar-refractivity contribution in [2.75, 3.05) is 18.5 Å². The molecule has 0 aromatic heterocycles. The zero-order valence-corrected chi connectivity index (χ0v) is 8.29. The van der Waals surface area contributed by atoms with Gasteiger partial charge in [-0.1, -0.05) is 27.2 Å². The second-order valence-electron chi connectivity index (χ2n) is 2.77. The first-order valence-corrected chi connectivity index (χ1v) is 6.52. The maximum atomic E-state index is 11.7. The molecule has 0 aromatic rings. The lowest BCUT2D eigenvalue weighted by atomic mass is 10.4. The molecule has 2 heteroatoms. The average molecular weight is 162 g/mol. The summed E-state index contributed by atoms with van der Waals surface area (Å²) in [5, 5.41) is 0. The smallest absolute Gasteiger partial charge is 0.0872 e. The van der Waals surface area contributed by atoms with Crippen LogP contribution in [0.4, 0.5) is 0 Å². The summed E-state index contributed by atoms with van der Waals surface area (Å²) in [5.41, 5.74) is 0. The van der Waals surface area contributed by atoms with Crippen molar-refractivity contribution in [3.63, 3.8) is 0 Å². The fourth-order valence-electron chi connectivity index (χ4n) is 0.986. The molecule has 62 valence electrons. The second-order valence-corrected chi connectivity index (χ2v) is 6.60. The third kappa shape index (κ3) is 3.41. The van der Waals surface area contributed by atoms with E-state index >= 15 is 0 Å². The molecule has 0 N–H and O–H groups in total. The summed E-state index contributed by atoms with van der Waals surface area (Å²) < 4.78 is 11.7. The lowest BCUT2D eigenvalue weighted by Gasteiger charge is -2.12. The van der Waals surface area contributed by atoms with Gasteiger partial charge in [-0.05, 0) is 18.7 Å². The molecule has 0 saturated heterocycles. The van der Waals surface area contributed by atoms with Gasteiger partial charge in [-0.2, -0.15) is 0 Å². The molecule has 0 aliphatic rings. The van der Waals surface area contributed by atoms with Crippen molar-refractivity contribution in [2.24, 2.45) is 0 Å². The SMILES string of the molecule is CCCCP(=O)(CC)CC. The Kier molecular flexibility index (Phi) is 5.07. The maximum absolute atomic E-state index is 11.7. The third-order valence-corrected chi connectivity index (χ3v) is 5.51. The molecule has 0 saturated carbocycles. The van der Waals surface area contributed by atoms with Gasteiger partial charge in [-0.3, -0.25) is 0 Å². The number of unbranched alkanes of at least 4 members (excludes halogenated alkanes) is 1. The molecule has 0 heterocycles. The molecule has 0 unspecified atom stereocenters. The van der Waals surface area contributed by atoms with Crippen LogP contribution in [-0.2, 0) is 4.57 Å². The van der Waals surface area contributed by atoms with Crippen molar-refractivity contribution in [3.05, 3.63) is 0 Å². The molecule has 1 nitrogen and oxygen atoms in total. The standard InChI is InChI=1S/C8H19OP/c1-4-7-8-10(9,5-2)6-3/h4-8H2,1-3H3. The molecule has 0 aromatic carbocycles. The van der Waals surface area contributed by atoms with Crippen molar-refractivity contribution >= 4 is 7.14 Å². The van der Waals surface area contributed by atoms with E-state index in [0.717, 1.165) is 24.9 Å². The third-order valence-electron chi connectivity index (χ3n) is 2.07. The molecule has 0 spiro atoms. The summed E-state index contributed by atoms with van der Waals surface area (Å²) in [4.78, 5) is 0. The first-order chi connectivity index (χ1) is 4.68. The minimum atomic E-state index is -1.70. The van der Waals surface area contributed by atoms with E-state index in [-0.39, 0.29) is 0 Å². The topological polar surface area (TPSA) is 17.1 Å². The Balaban J connectivity index is 3.70. The molecule has 0 aliphatic heterocycles. The molecule has 0 fully saturated rings. The molecule has 0 amide bonds. The van der Waals surface area contributed by atoms with Crippen LogP contribution in [0, 0.1) is 0 Å². The summed E-state index contributed by atoms with van der Waals surface area (Å²) in [5.74, 6) is 0. The van der Waals surface area contributed by atoms with Gasteiger partial charge in [0.2, 0.25) is 0 Å².